The highest BCUT2D eigenvalue weighted by Gasteiger charge is 2.45. The number of benzene rings is 1. The predicted molar refractivity (Wildman–Crippen MR) is 102 cm³/mol. The number of nitrogens with zero attached hydrogens (tertiary/aromatic N) is 2. The van der Waals surface area contributed by atoms with Crippen molar-refractivity contribution in [1.29, 1.82) is 0 Å². The number of carbonyl (C=O) groups excluding carboxylic acids is 4. The standard InChI is InChI=1S/C18H16N2O5S2/c1-8(2)13(17(24)25)20-16(23)14(27-18(20)26)12-10-6-4-5-7-11(10)19(9(3)21)15(12)22/h4-8,13H,1-3H3,(H,24,25)/p-1/b14-12-/t13-/m0/s1. The molecule has 140 valence electrons. The highest BCUT2D eigenvalue weighted by molar-refractivity contribution is 8.26. The third-order valence-corrected chi connectivity index (χ3v) is 5.72. The average Bonchev–Trinajstić information content (AvgIpc) is 3.01. The summed E-state index contributed by atoms with van der Waals surface area (Å²) in [5, 5.41) is 11.5. The fraction of sp³-hybridized carbons (Fsp3) is 0.278. The number of carbonyl (C=O) groups is 4. The second-order valence-corrected chi connectivity index (χ2v) is 8.08. The lowest BCUT2D eigenvalue weighted by atomic mass is 10.0. The molecule has 1 atom stereocenters. The summed E-state index contributed by atoms with van der Waals surface area (Å²) in [5.74, 6) is -3.64. The van der Waals surface area contributed by atoms with Crippen molar-refractivity contribution in [3.8, 4) is 0 Å². The quantitative estimate of drug-likeness (QED) is 0.547. The van der Waals surface area contributed by atoms with Crippen LogP contribution in [0.3, 0.4) is 0 Å². The van der Waals surface area contributed by atoms with Crippen molar-refractivity contribution in [2.24, 2.45) is 5.92 Å². The Bertz CT molecular complexity index is 937. The monoisotopic (exact) mass is 403 g/mol. The van der Waals surface area contributed by atoms with E-state index < -0.39 is 35.7 Å². The van der Waals surface area contributed by atoms with E-state index in [9.17, 15) is 24.3 Å². The van der Waals surface area contributed by atoms with Gasteiger partial charge in [-0.15, -0.1) is 0 Å². The molecule has 2 aliphatic heterocycles. The number of hydrogen-bond donors (Lipinski definition) is 0. The third-order valence-electron chi connectivity index (χ3n) is 4.32. The number of aliphatic carboxylic acids is 1. The number of carboxylic acids is 1. The van der Waals surface area contributed by atoms with E-state index in [0.29, 0.717) is 11.3 Å². The Kier molecular flexibility index (Phi) is 4.92. The number of fused-ring (bicyclic) bond motifs is 1. The lowest BCUT2D eigenvalue weighted by Gasteiger charge is -2.30. The molecule has 3 amide bonds. The molecular formula is C18H15N2O5S2-. The lowest BCUT2D eigenvalue weighted by Crippen LogP contribution is -2.52. The van der Waals surface area contributed by atoms with E-state index in [4.69, 9.17) is 12.2 Å². The third kappa shape index (κ3) is 2.96. The number of hydrogen-bond acceptors (Lipinski definition) is 7. The van der Waals surface area contributed by atoms with E-state index in [0.717, 1.165) is 21.6 Å². The van der Waals surface area contributed by atoms with Crippen LogP contribution in [0, 0.1) is 5.92 Å². The highest BCUT2D eigenvalue weighted by atomic mass is 32.2. The summed E-state index contributed by atoms with van der Waals surface area (Å²) in [6, 6.07) is 5.37. The van der Waals surface area contributed by atoms with Crippen LogP contribution < -0.4 is 10.0 Å². The molecule has 0 radical (unpaired) electrons. The van der Waals surface area contributed by atoms with Crippen molar-refractivity contribution in [2.75, 3.05) is 4.90 Å². The van der Waals surface area contributed by atoms with Crippen molar-refractivity contribution in [3.05, 3.63) is 34.7 Å². The van der Waals surface area contributed by atoms with Crippen LogP contribution in [0.25, 0.3) is 5.57 Å². The number of anilines is 1. The molecule has 0 bridgehead atoms. The Hall–Kier alpha value is -2.52. The molecule has 0 N–H and O–H groups in total. The van der Waals surface area contributed by atoms with Gasteiger partial charge in [-0.1, -0.05) is 56.0 Å². The number of carboxylic acid groups (broad SMARTS) is 1. The van der Waals surface area contributed by atoms with E-state index in [2.05, 4.69) is 0 Å². The molecule has 0 spiro atoms. The summed E-state index contributed by atoms with van der Waals surface area (Å²) >= 11 is 6.07. The first-order valence-electron chi connectivity index (χ1n) is 8.11. The maximum Gasteiger partial charge on any atom is 0.267 e. The number of amides is 3. The van der Waals surface area contributed by atoms with Crippen LogP contribution >= 0.6 is 24.0 Å². The maximum atomic E-state index is 13.0. The number of para-hydroxylation sites is 1. The smallest absolute Gasteiger partial charge is 0.267 e. The van der Waals surface area contributed by atoms with Gasteiger partial charge in [-0.25, -0.2) is 4.90 Å². The van der Waals surface area contributed by atoms with Crippen LogP contribution in [0.1, 0.15) is 26.3 Å². The van der Waals surface area contributed by atoms with Crippen LogP contribution in [-0.4, -0.2) is 39.0 Å². The summed E-state index contributed by atoms with van der Waals surface area (Å²) in [6.45, 7) is 4.53. The molecular weight excluding hydrogens is 388 g/mol. The molecule has 1 fully saturated rings. The van der Waals surface area contributed by atoms with E-state index in [1.54, 1.807) is 38.1 Å². The Morgan fingerprint density at radius 3 is 2.33 bits per heavy atom. The van der Waals surface area contributed by atoms with Gasteiger partial charge in [0.05, 0.1) is 28.2 Å². The minimum absolute atomic E-state index is 0.0214. The zero-order chi connectivity index (χ0) is 20.0. The summed E-state index contributed by atoms with van der Waals surface area (Å²) in [7, 11) is 0. The van der Waals surface area contributed by atoms with Gasteiger partial charge < -0.3 is 9.90 Å². The minimum Gasteiger partial charge on any atom is -0.548 e. The lowest BCUT2D eigenvalue weighted by molar-refractivity contribution is -0.311. The SMILES string of the molecule is CC(=O)N1C(=O)/C(=C2\SC(=S)N([C@H](C(=O)[O-])C(C)C)C2=O)c2ccccc21. The molecule has 0 aliphatic carbocycles. The van der Waals surface area contributed by atoms with E-state index >= 15 is 0 Å². The number of imide groups is 1. The van der Waals surface area contributed by atoms with E-state index in [1.807, 2.05) is 0 Å². The van der Waals surface area contributed by atoms with Crippen LogP contribution in [0.5, 0.6) is 0 Å². The van der Waals surface area contributed by atoms with E-state index in [1.165, 1.54) is 6.92 Å². The zero-order valence-corrected chi connectivity index (χ0v) is 16.3. The summed E-state index contributed by atoms with van der Waals surface area (Å²) in [5.41, 5.74) is 0.879. The van der Waals surface area contributed by atoms with Gasteiger partial charge in [0, 0.05) is 12.5 Å². The van der Waals surface area contributed by atoms with Gasteiger partial charge in [0.1, 0.15) is 4.32 Å². The molecule has 1 saturated heterocycles. The van der Waals surface area contributed by atoms with Crippen molar-refractivity contribution in [1.82, 2.24) is 4.90 Å². The number of thiocarbonyl (C=S) groups is 1. The van der Waals surface area contributed by atoms with Gasteiger partial charge in [0.2, 0.25) is 5.91 Å². The average molecular weight is 403 g/mol. The maximum absolute atomic E-state index is 13.0. The van der Waals surface area contributed by atoms with Crippen LogP contribution in [0.2, 0.25) is 0 Å². The Labute approximate surface area is 165 Å². The summed E-state index contributed by atoms with van der Waals surface area (Å²) in [4.78, 5) is 51.4. The molecule has 1 aromatic rings. The van der Waals surface area contributed by atoms with Crippen LogP contribution in [0.15, 0.2) is 29.2 Å². The van der Waals surface area contributed by atoms with Gasteiger partial charge in [-0.2, -0.15) is 0 Å². The van der Waals surface area contributed by atoms with Crippen molar-refractivity contribution in [3.63, 3.8) is 0 Å². The van der Waals surface area contributed by atoms with Crippen LogP contribution in [0.4, 0.5) is 5.69 Å². The molecule has 2 aliphatic rings. The number of thioether (sulfide) groups is 1. The zero-order valence-electron chi connectivity index (χ0n) is 14.7. The van der Waals surface area contributed by atoms with Crippen molar-refractivity contribution >= 4 is 63.3 Å². The topological polar surface area (TPSA) is 97.8 Å². The fourth-order valence-electron chi connectivity index (χ4n) is 3.19. The Morgan fingerprint density at radius 2 is 1.78 bits per heavy atom. The first-order valence-corrected chi connectivity index (χ1v) is 9.34. The second kappa shape index (κ2) is 6.90. The fourth-order valence-corrected chi connectivity index (χ4v) is 4.60. The van der Waals surface area contributed by atoms with E-state index in [-0.39, 0.29) is 14.8 Å². The molecule has 1 aromatic carbocycles. The molecule has 0 aromatic heterocycles. The largest absolute Gasteiger partial charge is 0.548 e. The summed E-state index contributed by atoms with van der Waals surface area (Å²) in [6.07, 6.45) is 0. The van der Waals surface area contributed by atoms with Crippen molar-refractivity contribution in [2.45, 2.75) is 26.8 Å². The Balaban J connectivity index is 2.16. The molecule has 0 unspecified atom stereocenters. The molecule has 2 heterocycles. The normalized spacial score (nSPS) is 20.5. The highest BCUT2D eigenvalue weighted by Crippen LogP contribution is 2.45. The van der Waals surface area contributed by atoms with Gasteiger partial charge in [0.15, 0.2) is 0 Å². The number of rotatable bonds is 3. The second-order valence-electron chi connectivity index (χ2n) is 6.43. The van der Waals surface area contributed by atoms with Crippen LogP contribution in [-0.2, 0) is 19.2 Å². The molecule has 0 saturated carbocycles. The van der Waals surface area contributed by atoms with Gasteiger partial charge >= 0.3 is 0 Å². The van der Waals surface area contributed by atoms with Gasteiger partial charge in [0.25, 0.3) is 11.8 Å². The Morgan fingerprint density at radius 1 is 1.15 bits per heavy atom. The first kappa shape index (κ1) is 19.2. The summed E-state index contributed by atoms with van der Waals surface area (Å²) < 4.78 is 0.0388. The first-order chi connectivity index (χ1) is 12.7. The van der Waals surface area contributed by atoms with Gasteiger partial charge in [-0.3, -0.25) is 19.3 Å². The predicted octanol–water partition coefficient (Wildman–Crippen LogP) is 0.926. The van der Waals surface area contributed by atoms with Gasteiger partial charge in [-0.05, 0) is 12.0 Å². The minimum atomic E-state index is -1.42. The molecule has 7 nitrogen and oxygen atoms in total. The molecule has 3 rings (SSSR count). The molecule has 9 heteroatoms. The van der Waals surface area contributed by atoms with Crippen molar-refractivity contribution < 1.29 is 24.3 Å². The molecule has 27 heavy (non-hydrogen) atoms.